The highest BCUT2D eigenvalue weighted by Crippen LogP contribution is 2.39. The zero-order valence-electron chi connectivity index (χ0n) is 5.80. The van der Waals surface area contributed by atoms with Gasteiger partial charge in [0.15, 0.2) is 0 Å². The van der Waals surface area contributed by atoms with E-state index in [0.717, 1.165) is 11.8 Å². The normalized spacial score (nSPS) is 39.0. The van der Waals surface area contributed by atoms with Crippen molar-refractivity contribution in [3.63, 3.8) is 0 Å². The van der Waals surface area contributed by atoms with Crippen LogP contribution in [0.5, 0.6) is 0 Å². The van der Waals surface area contributed by atoms with Crippen molar-refractivity contribution in [3.8, 4) is 0 Å². The number of hydrogen-bond donors (Lipinski definition) is 0. The molecule has 0 spiro atoms. The van der Waals surface area contributed by atoms with Crippen molar-refractivity contribution in [1.82, 2.24) is 0 Å². The molecule has 0 aromatic rings. The Balaban J connectivity index is 2.28. The van der Waals surface area contributed by atoms with Gasteiger partial charge in [-0.15, -0.1) is 0 Å². The molecule has 2 aliphatic carbocycles. The topological polar surface area (TPSA) is 0 Å². The molecule has 2 unspecified atom stereocenters. The summed E-state index contributed by atoms with van der Waals surface area (Å²) < 4.78 is 0. The second kappa shape index (κ2) is 1.73. The molecule has 0 N–H and O–H groups in total. The summed E-state index contributed by atoms with van der Waals surface area (Å²) >= 11 is 0. The summed E-state index contributed by atoms with van der Waals surface area (Å²) in [5.74, 6) is 1.70. The van der Waals surface area contributed by atoms with Crippen molar-refractivity contribution in [2.45, 2.75) is 19.8 Å². The molecular formula is C9H12. The van der Waals surface area contributed by atoms with Crippen molar-refractivity contribution >= 4 is 0 Å². The largest absolute Gasteiger partial charge is 0.0773 e. The van der Waals surface area contributed by atoms with E-state index in [4.69, 9.17) is 0 Å². The van der Waals surface area contributed by atoms with Gasteiger partial charge in [-0.25, -0.2) is 0 Å². The minimum atomic E-state index is 0.833. The third-order valence-electron chi connectivity index (χ3n) is 2.54. The van der Waals surface area contributed by atoms with Crippen LogP contribution in [-0.4, -0.2) is 0 Å². The van der Waals surface area contributed by atoms with Crippen LogP contribution in [-0.2, 0) is 0 Å². The molecule has 0 heterocycles. The minimum Gasteiger partial charge on any atom is -0.0773 e. The Morgan fingerprint density at radius 1 is 1.44 bits per heavy atom. The molecule has 9 heavy (non-hydrogen) atoms. The fourth-order valence-electron chi connectivity index (χ4n) is 1.92. The Labute approximate surface area is 56.3 Å². The van der Waals surface area contributed by atoms with Crippen LogP contribution in [0, 0.1) is 11.8 Å². The predicted octanol–water partition coefficient (Wildman–Crippen LogP) is 2.53. The molecule has 0 aromatic heterocycles. The van der Waals surface area contributed by atoms with Gasteiger partial charge in [-0.05, 0) is 24.7 Å². The molecule has 0 bridgehead atoms. The second-order valence-corrected chi connectivity index (χ2v) is 3.14. The number of allylic oxidation sites excluding steroid dienone is 4. The summed E-state index contributed by atoms with van der Waals surface area (Å²) in [4.78, 5) is 0. The van der Waals surface area contributed by atoms with Gasteiger partial charge in [0.05, 0.1) is 0 Å². The first-order valence-corrected chi connectivity index (χ1v) is 3.76. The van der Waals surface area contributed by atoms with Gasteiger partial charge >= 0.3 is 0 Å². The zero-order chi connectivity index (χ0) is 6.27. The summed E-state index contributed by atoms with van der Waals surface area (Å²) in [5.41, 5.74) is 1.68. The van der Waals surface area contributed by atoms with Gasteiger partial charge in [0.25, 0.3) is 0 Å². The van der Waals surface area contributed by atoms with E-state index in [-0.39, 0.29) is 0 Å². The molecule has 2 atom stereocenters. The average Bonchev–Trinajstić information content (AvgIpc) is 2.35. The maximum absolute atomic E-state index is 2.33. The van der Waals surface area contributed by atoms with E-state index in [1.54, 1.807) is 5.57 Å². The molecule has 0 aromatic carbocycles. The molecule has 0 heteroatoms. The first-order valence-electron chi connectivity index (χ1n) is 3.76. The van der Waals surface area contributed by atoms with E-state index in [1.165, 1.54) is 12.8 Å². The highest BCUT2D eigenvalue weighted by molar-refractivity contribution is 5.31. The first-order chi connectivity index (χ1) is 4.38. The van der Waals surface area contributed by atoms with Crippen molar-refractivity contribution < 1.29 is 0 Å². The lowest BCUT2D eigenvalue weighted by Crippen LogP contribution is -1.91. The van der Waals surface area contributed by atoms with E-state index in [9.17, 15) is 0 Å². The quantitative estimate of drug-likeness (QED) is 0.461. The molecule has 0 aliphatic heterocycles. The summed E-state index contributed by atoms with van der Waals surface area (Å²) in [6, 6.07) is 0. The van der Waals surface area contributed by atoms with Gasteiger partial charge in [0.2, 0.25) is 0 Å². The molecular weight excluding hydrogens is 108 g/mol. The lowest BCUT2D eigenvalue weighted by atomic mass is 10.0. The summed E-state index contributed by atoms with van der Waals surface area (Å²) in [6.07, 6.45) is 9.63. The maximum atomic E-state index is 2.33. The number of rotatable bonds is 0. The Hall–Kier alpha value is -0.520. The fourth-order valence-corrected chi connectivity index (χ4v) is 1.92. The smallest absolute Gasteiger partial charge is 0.00142 e. The fraction of sp³-hybridized carbons (Fsp3) is 0.556. The molecule has 48 valence electrons. The van der Waals surface area contributed by atoms with Crippen LogP contribution >= 0.6 is 0 Å². The zero-order valence-corrected chi connectivity index (χ0v) is 5.80. The maximum Gasteiger partial charge on any atom is -0.00142 e. The van der Waals surface area contributed by atoms with Crippen molar-refractivity contribution in [2.24, 2.45) is 11.8 Å². The molecule has 1 saturated carbocycles. The lowest BCUT2D eigenvalue weighted by Gasteiger charge is -2.03. The van der Waals surface area contributed by atoms with Crippen LogP contribution in [0.4, 0.5) is 0 Å². The second-order valence-electron chi connectivity index (χ2n) is 3.14. The van der Waals surface area contributed by atoms with Crippen LogP contribution < -0.4 is 0 Å². The molecule has 0 amide bonds. The van der Waals surface area contributed by atoms with Crippen LogP contribution in [0.1, 0.15) is 19.8 Å². The third kappa shape index (κ3) is 0.658. The molecule has 0 radical (unpaired) electrons. The van der Waals surface area contributed by atoms with E-state index in [1.807, 2.05) is 0 Å². The Bertz CT molecular complexity index is 174. The van der Waals surface area contributed by atoms with Gasteiger partial charge in [-0.2, -0.15) is 0 Å². The molecule has 0 nitrogen and oxygen atoms in total. The molecule has 0 saturated heterocycles. The first kappa shape index (κ1) is 5.28. The monoisotopic (exact) mass is 120 g/mol. The Morgan fingerprint density at radius 2 is 2.33 bits per heavy atom. The van der Waals surface area contributed by atoms with E-state index in [2.05, 4.69) is 25.2 Å². The molecule has 2 aliphatic rings. The summed E-state index contributed by atoms with van der Waals surface area (Å²) in [6.45, 7) is 2.33. The van der Waals surface area contributed by atoms with Gasteiger partial charge in [0.1, 0.15) is 0 Å². The van der Waals surface area contributed by atoms with E-state index in [0.29, 0.717) is 0 Å². The lowest BCUT2D eigenvalue weighted by molar-refractivity contribution is 0.689. The van der Waals surface area contributed by atoms with Crippen molar-refractivity contribution in [3.05, 3.63) is 23.8 Å². The van der Waals surface area contributed by atoms with Crippen molar-refractivity contribution in [1.29, 1.82) is 0 Å². The van der Waals surface area contributed by atoms with E-state index >= 15 is 0 Å². The van der Waals surface area contributed by atoms with E-state index < -0.39 is 0 Å². The van der Waals surface area contributed by atoms with Crippen LogP contribution in [0.3, 0.4) is 0 Å². The Kier molecular flexibility index (Phi) is 1.01. The SMILES string of the molecule is CC1CCC2C=CC=C12. The summed E-state index contributed by atoms with van der Waals surface area (Å²) in [7, 11) is 0. The average molecular weight is 120 g/mol. The standard InChI is InChI=1S/C9H12/c1-7-5-6-8-3-2-4-9(7)8/h2-4,7-8H,5-6H2,1H3. The van der Waals surface area contributed by atoms with Crippen LogP contribution in [0.25, 0.3) is 0 Å². The molecule has 2 rings (SSSR count). The molecule has 1 fully saturated rings. The highest BCUT2D eigenvalue weighted by atomic mass is 14.3. The highest BCUT2D eigenvalue weighted by Gasteiger charge is 2.26. The van der Waals surface area contributed by atoms with Gasteiger partial charge < -0.3 is 0 Å². The van der Waals surface area contributed by atoms with Gasteiger partial charge in [-0.1, -0.05) is 30.7 Å². The number of hydrogen-bond acceptors (Lipinski definition) is 0. The van der Waals surface area contributed by atoms with Gasteiger partial charge in [-0.3, -0.25) is 0 Å². The minimum absolute atomic E-state index is 0.833. The number of fused-ring (bicyclic) bond motifs is 1. The van der Waals surface area contributed by atoms with Gasteiger partial charge in [0, 0.05) is 0 Å². The van der Waals surface area contributed by atoms with Crippen molar-refractivity contribution in [2.75, 3.05) is 0 Å². The Morgan fingerprint density at radius 3 is 3.11 bits per heavy atom. The predicted molar refractivity (Wildman–Crippen MR) is 39.1 cm³/mol. The van der Waals surface area contributed by atoms with Crippen LogP contribution in [0.15, 0.2) is 23.8 Å². The summed E-state index contributed by atoms with van der Waals surface area (Å²) in [5, 5.41) is 0. The third-order valence-corrected chi connectivity index (χ3v) is 2.54. The van der Waals surface area contributed by atoms with Crippen LogP contribution in [0.2, 0.25) is 0 Å².